The van der Waals surface area contributed by atoms with E-state index in [0.29, 0.717) is 11.6 Å². The fraction of sp³-hybridized carbons (Fsp3) is 0.556. The van der Waals surface area contributed by atoms with Gasteiger partial charge in [-0.05, 0) is 54.9 Å². The van der Waals surface area contributed by atoms with E-state index in [2.05, 4.69) is 31.2 Å². The summed E-state index contributed by atoms with van der Waals surface area (Å²) in [5.41, 5.74) is -1.25. The minimum Gasteiger partial charge on any atom is -0.476 e. The van der Waals surface area contributed by atoms with Crippen LogP contribution >= 0.6 is 22.7 Å². The highest BCUT2D eigenvalue weighted by atomic mass is 32.1. The van der Waals surface area contributed by atoms with Crippen LogP contribution in [0.4, 0.5) is 5.13 Å². The van der Waals surface area contributed by atoms with Crippen LogP contribution in [0.5, 0.6) is 0 Å². The first-order valence-corrected chi connectivity index (χ1v) is 15.2. The number of aryl methyl sites for hydroxylation is 1. The van der Waals surface area contributed by atoms with Crippen molar-refractivity contribution < 1.29 is 58.4 Å². The fourth-order valence-electron chi connectivity index (χ4n) is 2.34. The number of hydrogen-bond acceptors (Lipinski definition) is 17. The van der Waals surface area contributed by atoms with E-state index in [0.717, 1.165) is 5.01 Å². The van der Waals surface area contributed by atoms with Crippen molar-refractivity contribution in [2.45, 2.75) is 73.0 Å². The molecule has 0 atom stereocenters. The summed E-state index contributed by atoms with van der Waals surface area (Å²) in [6.07, 6.45) is 0.705. The van der Waals surface area contributed by atoms with E-state index < -0.39 is 47.5 Å². The Balaban J connectivity index is 0. The molecule has 2 rings (SSSR count). The van der Waals surface area contributed by atoms with Gasteiger partial charge in [-0.1, -0.05) is 12.1 Å². The van der Waals surface area contributed by atoms with Crippen molar-refractivity contribution >= 4 is 63.2 Å². The number of carbonyl (C=O) groups excluding carboxylic acids is 3. The maximum absolute atomic E-state index is 11.4. The molecule has 260 valence electrons. The number of ketones is 1. The van der Waals surface area contributed by atoms with Gasteiger partial charge in [-0.15, -0.1) is 22.7 Å². The summed E-state index contributed by atoms with van der Waals surface area (Å²) < 4.78 is 9.85. The standard InChI is InChI=1S/C13H18N2O5S.C6H6N2O3S.C6H13NO3.C2H6O/c1-5-9-14-8(7-21-9)11(12(17)18)15-19-6-10(16)20-13(2,3)4;1-7-6-8-3(2-12-6)4(9)5(10)11;1-6(2,3)10-5(8)4-9-7;1-2-3/h7H,5-6H2,1-4H3,(H,17,18);2H,1H3,(H,7,8)(H,10,11);4,7H2,1-3H3;3H,2H2,1H3/b15-11-;;;. The molecule has 0 aliphatic heterocycles. The van der Waals surface area contributed by atoms with Crippen LogP contribution in [0, 0.1) is 0 Å². The first kappa shape index (κ1) is 44.1. The number of carbonyl (C=O) groups is 5. The summed E-state index contributed by atoms with van der Waals surface area (Å²) >= 11 is 2.53. The van der Waals surface area contributed by atoms with Crippen LogP contribution in [0.15, 0.2) is 15.9 Å². The smallest absolute Gasteiger partial charge is 0.378 e. The predicted octanol–water partition coefficient (Wildman–Crippen LogP) is 2.52. The molecule has 46 heavy (non-hydrogen) atoms. The quantitative estimate of drug-likeness (QED) is 0.0744. The second-order valence-electron chi connectivity index (χ2n) is 10.2. The summed E-state index contributed by atoms with van der Waals surface area (Å²) in [5.74, 6) is -0.157. The van der Waals surface area contributed by atoms with Gasteiger partial charge >= 0.3 is 23.9 Å². The van der Waals surface area contributed by atoms with E-state index in [1.165, 1.54) is 28.1 Å². The average Bonchev–Trinajstić information content (AvgIpc) is 3.59. The number of anilines is 1. The first-order valence-electron chi connectivity index (χ1n) is 13.4. The number of aliphatic hydroxyl groups excluding tert-OH is 1. The Morgan fingerprint density at radius 1 is 0.870 bits per heavy atom. The van der Waals surface area contributed by atoms with Gasteiger partial charge < -0.3 is 34.9 Å². The summed E-state index contributed by atoms with van der Waals surface area (Å²) in [6, 6.07) is 0. The van der Waals surface area contributed by atoms with Gasteiger partial charge in [0.15, 0.2) is 11.7 Å². The molecule has 0 spiro atoms. The molecule has 0 saturated carbocycles. The molecule has 0 fully saturated rings. The zero-order chi connectivity index (χ0) is 36.1. The Kier molecular flexibility index (Phi) is 21.5. The number of nitrogens with two attached hydrogens (primary N) is 1. The number of aromatic nitrogens is 2. The van der Waals surface area contributed by atoms with Gasteiger partial charge in [0.2, 0.25) is 12.3 Å². The van der Waals surface area contributed by atoms with Crippen molar-refractivity contribution in [1.82, 2.24) is 9.97 Å². The highest BCUT2D eigenvalue weighted by Crippen LogP contribution is 2.15. The van der Waals surface area contributed by atoms with Crippen LogP contribution in [0.1, 0.15) is 76.6 Å². The minimum atomic E-state index is -1.48. The second kappa shape index (κ2) is 22.5. The van der Waals surface area contributed by atoms with Crippen LogP contribution in [0.2, 0.25) is 0 Å². The Bertz CT molecular complexity index is 1280. The molecule has 17 nitrogen and oxygen atoms in total. The SMILES string of the molecule is CC(C)(C)OC(=O)CON.CCO.CCc1nc(/C(=N/OCC(=O)OC(C)(C)C)C(=O)O)cs1.CNc1nc(C(=O)C(=O)O)cs1. The monoisotopic (exact) mass is 693 g/mol. The normalized spacial score (nSPS) is 10.8. The largest absolute Gasteiger partial charge is 0.476 e. The zero-order valence-corrected chi connectivity index (χ0v) is 28.9. The lowest BCUT2D eigenvalue weighted by Gasteiger charge is -2.18. The van der Waals surface area contributed by atoms with E-state index in [9.17, 15) is 24.0 Å². The van der Waals surface area contributed by atoms with Gasteiger partial charge in [-0.25, -0.2) is 35.0 Å². The minimum absolute atomic E-state index is 0.0307. The number of nitrogens with zero attached hydrogens (tertiary/aromatic N) is 3. The summed E-state index contributed by atoms with van der Waals surface area (Å²) in [4.78, 5) is 70.9. The number of rotatable bonds is 11. The zero-order valence-electron chi connectivity index (χ0n) is 27.2. The van der Waals surface area contributed by atoms with E-state index in [4.69, 9.17) is 29.6 Å². The molecule has 0 unspecified atom stereocenters. The molecule has 0 aliphatic carbocycles. The number of ether oxygens (including phenoxy) is 2. The molecule has 0 amide bonds. The molecule has 2 heterocycles. The number of aliphatic hydroxyl groups is 1. The van der Waals surface area contributed by atoms with Gasteiger partial charge in [0.05, 0.1) is 5.01 Å². The van der Waals surface area contributed by atoms with Crippen molar-refractivity contribution in [2.24, 2.45) is 11.1 Å². The first-order chi connectivity index (χ1) is 21.2. The van der Waals surface area contributed by atoms with Gasteiger partial charge in [0, 0.05) is 24.4 Å². The topological polar surface area (TPSA) is 259 Å². The Hall–Kier alpha value is -4.04. The molecule has 0 bridgehead atoms. The van der Waals surface area contributed by atoms with Crippen LogP contribution in [-0.4, -0.2) is 98.7 Å². The molecule has 2 aromatic rings. The molecule has 0 aromatic carbocycles. The van der Waals surface area contributed by atoms with E-state index in [1.54, 1.807) is 60.9 Å². The number of esters is 2. The second-order valence-corrected chi connectivity index (χ2v) is 12.0. The lowest BCUT2D eigenvalue weighted by molar-refractivity contribution is -0.161. The Morgan fingerprint density at radius 3 is 1.74 bits per heavy atom. The van der Waals surface area contributed by atoms with Crippen LogP contribution < -0.4 is 11.2 Å². The van der Waals surface area contributed by atoms with Crippen LogP contribution in [-0.2, 0) is 44.7 Å². The Labute approximate surface area is 274 Å². The van der Waals surface area contributed by atoms with Crippen molar-refractivity contribution in [3.63, 3.8) is 0 Å². The van der Waals surface area contributed by atoms with Crippen LogP contribution in [0.25, 0.3) is 0 Å². The van der Waals surface area contributed by atoms with Crippen molar-refractivity contribution in [3.8, 4) is 0 Å². The van der Waals surface area contributed by atoms with E-state index >= 15 is 0 Å². The summed E-state index contributed by atoms with van der Waals surface area (Å²) in [6.45, 7) is 13.7. The molecule has 0 saturated heterocycles. The molecule has 6 N–H and O–H groups in total. The fourth-order valence-corrected chi connectivity index (χ4v) is 3.72. The number of carboxylic acids is 2. The lowest BCUT2D eigenvalue weighted by Crippen LogP contribution is -2.27. The number of nitrogens with one attached hydrogen (secondary N) is 1. The average molecular weight is 694 g/mol. The highest BCUT2D eigenvalue weighted by Gasteiger charge is 2.20. The Morgan fingerprint density at radius 2 is 1.37 bits per heavy atom. The van der Waals surface area contributed by atoms with E-state index in [-0.39, 0.29) is 30.3 Å². The molecular weight excluding hydrogens is 650 g/mol. The number of thiazole rings is 2. The highest BCUT2D eigenvalue weighted by molar-refractivity contribution is 7.14. The third-order valence-electron chi connectivity index (χ3n) is 3.82. The molecule has 0 aliphatic rings. The third-order valence-corrected chi connectivity index (χ3v) is 5.68. The van der Waals surface area contributed by atoms with Gasteiger partial charge in [0.25, 0.3) is 5.78 Å². The molecular formula is C27H43N5O12S2. The molecule has 2 aromatic heterocycles. The molecule has 0 radical (unpaired) electrons. The van der Waals surface area contributed by atoms with Crippen molar-refractivity contribution in [2.75, 3.05) is 32.2 Å². The van der Waals surface area contributed by atoms with Gasteiger partial charge in [-0.2, -0.15) is 0 Å². The number of aliphatic carboxylic acids is 2. The predicted molar refractivity (Wildman–Crippen MR) is 170 cm³/mol. The maximum Gasteiger partial charge on any atom is 0.378 e. The van der Waals surface area contributed by atoms with Crippen LogP contribution in [0.3, 0.4) is 0 Å². The van der Waals surface area contributed by atoms with Crippen molar-refractivity contribution in [1.29, 1.82) is 0 Å². The van der Waals surface area contributed by atoms with Gasteiger partial charge in [0.1, 0.15) is 22.6 Å². The number of carboxylic acid groups (broad SMARTS) is 2. The van der Waals surface area contributed by atoms with E-state index in [1.807, 2.05) is 6.92 Å². The third kappa shape index (κ3) is 21.6. The maximum atomic E-state index is 11.4. The summed E-state index contributed by atoms with van der Waals surface area (Å²) in [7, 11) is 1.65. The number of oxime groups is 1. The lowest BCUT2D eigenvalue weighted by atomic mass is 10.2. The summed E-state index contributed by atoms with van der Waals surface area (Å²) in [5, 5.41) is 35.5. The van der Waals surface area contributed by atoms with Crippen molar-refractivity contribution in [3.05, 3.63) is 27.2 Å². The van der Waals surface area contributed by atoms with Gasteiger partial charge in [-0.3, -0.25) is 9.63 Å². The molecule has 19 heteroatoms. The number of Topliss-reactive ketones (excluding diaryl/α,β-unsaturated/α-hetero) is 1. The number of hydrogen-bond donors (Lipinski definition) is 5.